The average molecular weight is 330 g/mol. The first kappa shape index (κ1) is 17.7. The Morgan fingerprint density at radius 2 is 1.96 bits per heavy atom. The van der Waals surface area contributed by atoms with Crippen molar-refractivity contribution in [1.82, 2.24) is 10.5 Å². The summed E-state index contributed by atoms with van der Waals surface area (Å²) in [6.45, 7) is 5.23. The summed E-state index contributed by atoms with van der Waals surface area (Å²) < 4.78 is 10.1. The Morgan fingerprint density at radius 3 is 2.58 bits per heavy atom. The molecule has 0 bridgehead atoms. The number of hydrogen-bond donors (Lipinski definition) is 1. The minimum atomic E-state index is -0.419. The molecule has 1 amide bonds. The van der Waals surface area contributed by atoms with Gasteiger partial charge in [0.1, 0.15) is 5.76 Å². The number of hydrogen-bond acceptors (Lipinski definition) is 5. The first-order valence-corrected chi connectivity index (χ1v) is 7.89. The van der Waals surface area contributed by atoms with Crippen LogP contribution in [0.25, 0.3) is 0 Å². The van der Waals surface area contributed by atoms with Gasteiger partial charge in [0.15, 0.2) is 6.61 Å². The van der Waals surface area contributed by atoms with Crippen molar-refractivity contribution < 1.29 is 18.8 Å². The number of aromatic nitrogens is 1. The van der Waals surface area contributed by atoms with Gasteiger partial charge in [-0.3, -0.25) is 9.59 Å². The second-order valence-electron chi connectivity index (χ2n) is 5.66. The minimum Gasteiger partial charge on any atom is -0.456 e. The monoisotopic (exact) mass is 330 g/mol. The number of ether oxygens (including phenoxy) is 1. The van der Waals surface area contributed by atoms with Gasteiger partial charge in [-0.2, -0.15) is 0 Å². The molecule has 6 heteroatoms. The van der Waals surface area contributed by atoms with E-state index in [1.54, 1.807) is 6.92 Å². The smallest absolute Gasteiger partial charge is 0.306 e. The Kier molecular flexibility index (Phi) is 6.12. The van der Waals surface area contributed by atoms with Crippen molar-refractivity contribution in [3.8, 4) is 0 Å². The normalized spacial score (nSPS) is 11.8. The molecule has 6 nitrogen and oxygen atoms in total. The van der Waals surface area contributed by atoms with Crippen molar-refractivity contribution >= 4 is 11.9 Å². The van der Waals surface area contributed by atoms with Gasteiger partial charge in [0.05, 0.1) is 11.7 Å². The van der Waals surface area contributed by atoms with Crippen LogP contribution in [0.4, 0.5) is 0 Å². The standard InChI is InChI=1S/C18H22N2O4/c1-12(15-7-5-4-6-8-15)19-17(21)11-23-18(22)10-9-16-13(2)20-24-14(16)3/h4-8,12H,9-11H2,1-3H3,(H,19,21)/t12-/m1/s1. The fourth-order valence-electron chi connectivity index (χ4n) is 2.41. The minimum absolute atomic E-state index is 0.139. The second kappa shape index (κ2) is 8.29. The molecule has 1 atom stereocenters. The van der Waals surface area contributed by atoms with Crippen molar-refractivity contribution in [2.75, 3.05) is 6.61 Å². The van der Waals surface area contributed by atoms with Crippen LogP contribution >= 0.6 is 0 Å². The Morgan fingerprint density at radius 1 is 1.25 bits per heavy atom. The Labute approximate surface area is 141 Å². The topological polar surface area (TPSA) is 81.4 Å². The lowest BCUT2D eigenvalue weighted by Crippen LogP contribution is -2.31. The molecule has 1 N–H and O–H groups in total. The van der Waals surface area contributed by atoms with Crippen molar-refractivity contribution in [2.45, 2.75) is 39.7 Å². The van der Waals surface area contributed by atoms with Crippen molar-refractivity contribution in [2.24, 2.45) is 0 Å². The van der Waals surface area contributed by atoms with Crippen LogP contribution in [-0.2, 0) is 20.7 Å². The van der Waals surface area contributed by atoms with Crippen LogP contribution in [0, 0.1) is 13.8 Å². The number of nitrogens with one attached hydrogen (secondary N) is 1. The van der Waals surface area contributed by atoms with Gasteiger partial charge in [-0.1, -0.05) is 35.5 Å². The summed E-state index contributed by atoms with van der Waals surface area (Å²) in [6.07, 6.45) is 0.673. The molecule has 0 fully saturated rings. The molecule has 24 heavy (non-hydrogen) atoms. The van der Waals surface area contributed by atoms with E-state index in [0.717, 1.165) is 16.8 Å². The third kappa shape index (κ3) is 4.94. The zero-order valence-corrected chi connectivity index (χ0v) is 14.2. The predicted octanol–water partition coefficient (Wildman–Crippen LogP) is 2.64. The zero-order chi connectivity index (χ0) is 17.5. The maximum atomic E-state index is 11.9. The number of amides is 1. The molecule has 128 valence electrons. The lowest BCUT2D eigenvalue weighted by atomic mass is 10.1. The summed E-state index contributed by atoms with van der Waals surface area (Å²) in [4.78, 5) is 23.6. The summed E-state index contributed by atoms with van der Waals surface area (Å²) in [5.41, 5.74) is 2.68. The molecule has 1 aromatic heterocycles. The highest BCUT2D eigenvalue weighted by molar-refractivity contribution is 5.80. The summed E-state index contributed by atoms with van der Waals surface area (Å²) in [5, 5.41) is 6.64. The molecular weight excluding hydrogens is 308 g/mol. The van der Waals surface area contributed by atoms with Gasteiger partial charge in [0, 0.05) is 12.0 Å². The number of nitrogens with zero attached hydrogens (tertiary/aromatic N) is 1. The largest absolute Gasteiger partial charge is 0.456 e. The fourth-order valence-corrected chi connectivity index (χ4v) is 2.41. The van der Waals surface area contributed by atoms with Crippen LogP contribution in [0.5, 0.6) is 0 Å². The molecule has 1 heterocycles. The third-order valence-electron chi connectivity index (χ3n) is 3.80. The number of aryl methyl sites for hydroxylation is 2. The first-order chi connectivity index (χ1) is 11.5. The van der Waals surface area contributed by atoms with E-state index >= 15 is 0 Å². The second-order valence-corrected chi connectivity index (χ2v) is 5.66. The SMILES string of the molecule is Cc1noc(C)c1CCC(=O)OCC(=O)N[C@H](C)c1ccccc1. The zero-order valence-electron chi connectivity index (χ0n) is 14.2. The quantitative estimate of drug-likeness (QED) is 0.789. The highest BCUT2D eigenvalue weighted by atomic mass is 16.5. The summed E-state index contributed by atoms with van der Waals surface area (Å²) in [7, 11) is 0. The molecule has 2 rings (SSSR count). The van der Waals surface area contributed by atoms with Crippen LogP contribution in [0.2, 0.25) is 0 Å². The molecule has 0 aliphatic carbocycles. The van der Waals surface area contributed by atoms with Crippen LogP contribution < -0.4 is 5.32 Å². The third-order valence-corrected chi connectivity index (χ3v) is 3.80. The summed E-state index contributed by atoms with van der Waals surface area (Å²) >= 11 is 0. The Hall–Kier alpha value is -2.63. The van der Waals surface area contributed by atoms with E-state index in [-0.39, 0.29) is 25.0 Å². The van der Waals surface area contributed by atoms with E-state index in [0.29, 0.717) is 12.2 Å². The number of carbonyl (C=O) groups excluding carboxylic acids is 2. The maximum Gasteiger partial charge on any atom is 0.306 e. The van der Waals surface area contributed by atoms with E-state index in [4.69, 9.17) is 9.26 Å². The number of benzene rings is 1. The number of esters is 1. The molecule has 0 unspecified atom stereocenters. The highest BCUT2D eigenvalue weighted by Gasteiger charge is 2.14. The van der Waals surface area contributed by atoms with Gasteiger partial charge in [0.2, 0.25) is 0 Å². The van der Waals surface area contributed by atoms with E-state index in [1.807, 2.05) is 44.2 Å². The van der Waals surface area contributed by atoms with E-state index in [1.165, 1.54) is 0 Å². The van der Waals surface area contributed by atoms with Crippen LogP contribution in [0.3, 0.4) is 0 Å². The van der Waals surface area contributed by atoms with Gasteiger partial charge >= 0.3 is 5.97 Å². The molecule has 0 saturated carbocycles. The van der Waals surface area contributed by atoms with Crippen LogP contribution in [0.1, 0.15) is 42.0 Å². The van der Waals surface area contributed by atoms with E-state index < -0.39 is 5.97 Å². The molecular formula is C18H22N2O4. The Bertz CT molecular complexity index is 675. The molecule has 0 radical (unpaired) electrons. The number of carbonyl (C=O) groups is 2. The highest BCUT2D eigenvalue weighted by Crippen LogP contribution is 2.14. The van der Waals surface area contributed by atoms with Crippen molar-refractivity contribution in [3.63, 3.8) is 0 Å². The van der Waals surface area contributed by atoms with Gasteiger partial charge in [-0.15, -0.1) is 0 Å². The van der Waals surface area contributed by atoms with Gasteiger partial charge in [-0.05, 0) is 32.8 Å². The predicted molar refractivity (Wildman–Crippen MR) is 88.3 cm³/mol. The average Bonchev–Trinajstić information content (AvgIpc) is 2.90. The summed E-state index contributed by atoms with van der Waals surface area (Å²) in [6, 6.07) is 9.46. The van der Waals surface area contributed by atoms with Gasteiger partial charge in [0.25, 0.3) is 5.91 Å². The molecule has 2 aromatic rings. The molecule has 0 spiro atoms. The first-order valence-electron chi connectivity index (χ1n) is 7.89. The lowest BCUT2D eigenvalue weighted by Gasteiger charge is -2.14. The number of rotatable bonds is 7. The van der Waals surface area contributed by atoms with E-state index in [9.17, 15) is 9.59 Å². The van der Waals surface area contributed by atoms with Crippen molar-refractivity contribution in [1.29, 1.82) is 0 Å². The van der Waals surface area contributed by atoms with Crippen molar-refractivity contribution in [3.05, 3.63) is 52.9 Å². The lowest BCUT2D eigenvalue weighted by molar-refractivity contribution is -0.148. The molecule has 0 aliphatic rings. The fraction of sp³-hybridized carbons (Fsp3) is 0.389. The molecule has 0 saturated heterocycles. The van der Waals surface area contributed by atoms with E-state index in [2.05, 4.69) is 10.5 Å². The van der Waals surface area contributed by atoms with Gasteiger partial charge in [-0.25, -0.2) is 0 Å². The Balaban J connectivity index is 1.72. The summed E-state index contributed by atoms with van der Waals surface area (Å²) in [5.74, 6) is -0.0377. The molecule has 0 aliphatic heterocycles. The maximum absolute atomic E-state index is 11.9. The van der Waals surface area contributed by atoms with Gasteiger partial charge < -0.3 is 14.6 Å². The van der Waals surface area contributed by atoms with Crippen LogP contribution in [0.15, 0.2) is 34.9 Å². The van der Waals surface area contributed by atoms with Crippen LogP contribution in [-0.4, -0.2) is 23.6 Å². The molecule has 1 aromatic carbocycles.